The molecule has 0 N–H and O–H groups in total. The zero-order chi connectivity index (χ0) is 27.0. The number of aryl methyl sites for hydroxylation is 1. The van der Waals surface area contributed by atoms with Crippen molar-refractivity contribution >= 4 is 5.97 Å². The van der Waals surface area contributed by atoms with Gasteiger partial charge in [0.15, 0.2) is 0 Å². The van der Waals surface area contributed by atoms with Crippen LogP contribution < -0.4 is 30.7 Å². The summed E-state index contributed by atoms with van der Waals surface area (Å²) in [5.74, 6) is 4.56. The average Bonchev–Trinajstić information content (AvgIpc) is 3.50. The van der Waals surface area contributed by atoms with E-state index in [1.165, 1.54) is 31.1 Å². The molecule has 4 nitrogen and oxygen atoms in total. The van der Waals surface area contributed by atoms with Crippen molar-refractivity contribution in [2.24, 2.45) is 23.2 Å². The van der Waals surface area contributed by atoms with Crippen LogP contribution in [0.3, 0.4) is 0 Å². The fourth-order valence-electron chi connectivity index (χ4n) is 7.71. The Hall–Kier alpha value is -2.54. The Bertz CT molecular complexity index is 1420. The number of esters is 1. The minimum atomic E-state index is -0.248. The number of carbonyl (C=O) groups excluding carboxylic acids is 1. The summed E-state index contributed by atoms with van der Waals surface area (Å²) < 4.78 is 20.7. The van der Waals surface area contributed by atoms with Crippen molar-refractivity contribution in [2.75, 3.05) is 6.61 Å². The van der Waals surface area contributed by atoms with Crippen LogP contribution in [0.25, 0.3) is 0 Å². The van der Waals surface area contributed by atoms with E-state index in [9.17, 15) is 4.79 Å². The average molecular weight is 636 g/mol. The molecule has 0 amide bonds. The van der Waals surface area contributed by atoms with Crippen LogP contribution in [0.1, 0.15) is 57.6 Å². The first kappa shape index (κ1) is 25.4. The van der Waals surface area contributed by atoms with Gasteiger partial charge in [-0.15, -0.1) is 0 Å². The molecule has 3 aromatic rings. The fraction of sp³-hybridized carbons (Fsp3) is 0.441. The van der Waals surface area contributed by atoms with Crippen molar-refractivity contribution in [2.45, 2.75) is 64.4 Å². The van der Waals surface area contributed by atoms with E-state index < -0.39 is 0 Å². The molecule has 4 aliphatic carbocycles. The molecule has 5 atom stereocenters. The molecule has 5 unspecified atom stereocenters. The number of benzene rings is 3. The summed E-state index contributed by atoms with van der Waals surface area (Å²) in [7, 11) is 0. The van der Waals surface area contributed by atoms with Crippen molar-refractivity contribution in [1.29, 1.82) is 0 Å². The molecule has 4 aliphatic rings. The van der Waals surface area contributed by atoms with Gasteiger partial charge in [0.1, 0.15) is 5.60 Å². The Morgan fingerprint density at radius 1 is 0.923 bits per heavy atom. The number of carbonyl (C=O) groups is 1. The van der Waals surface area contributed by atoms with Crippen molar-refractivity contribution in [3.05, 3.63) is 85.0 Å². The first-order valence-corrected chi connectivity index (χ1v) is 16.3. The number of hydrogen-bond donors (Lipinski definition) is 0. The molecule has 0 bridgehead atoms. The minimum absolute atomic E-state index is 0.0422. The van der Waals surface area contributed by atoms with Crippen LogP contribution in [0.4, 0.5) is 0 Å². The van der Waals surface area contributed by atoms with E-state index in [0.717, 1.165) is 42.1 Å². The zero-order valence-electron chi connectivity index (χ0n) is 23.1. The summed E-state index contributed by atoms with van der Waals surface area (Å²) in [6.07, 6.45) is 4.80. The first-order valence-electron chi connectivity index (χ1n) is 14.1. The van der Waals surface area contributed by atoms with Gasteiger partial charge in [-0.25, -0.2) is 4.79 Å². The van der Waals surface area contributed by atoms with E-state index in [1.54, 1.807) is 0 Å². The van der Waals surface area contributed by atoms with E-state index in [0.29, 0.717) is 11.2 Å². The number of halogens is 1. The summed E-state index contributed by atoms with van der Waals surface area (Å²) in [4.78, 5) is 12.6. The molecule has 0 radical (unpaired) electrons. The molecule has 4 fully saturated rings. The van der Waals surface area contributed by atoms with Gasteiger partial charge in [0.2, 0.25) is 0 Å². The summed E-state index contributed by atoms with van der Waals surface area (Å²) in [5.41, 5.74) is 3.00. The quantitative estimate of drug-likeness (QED) is 0.274. The van der Waals surface area contributed by atoms with Crippen molar-refractivity contribution in [3.8, 4) is 17.2 Å². The first-order chi connectivity index (χ1) is 18.6. The second-order valence-corrected chi connectivity index (χ2v) is 16.1. The summed E-state index contributed by atoms with van der Waals surface area (Å²) in [5, 5.41) is 0. The summed E-state index contributed by atoms with van der Waals surface area (Å²) >= 11 is -0.248. The number of ether oxygens (including phenoxy) is 3. The number of rotatable bonds is 8. The molecule has 1 spiro atoms. The van der Waals surface area contributed by atoms with Crippen LogP contribution >= 0.6 is 0 Å². The molecule has 3 aromatic carbocycles. The van der Waals surface area contributed by atoms with E-state index >= 15 is 0 Å². The van der Waals surface area contributed by atoms with Gasteiger partial charge in [0.05, 0.1) is 0 Å². The maximum absolute atomic E-state index is 12.6. The standard InChI is InChI=1S/C34H36IO4/c1-21-15-28(13-14-29(21)35-25-7-5-24(6-8-25)32(2,3)4)38-27-11-9-26(10-12-27)37-19-30(36)39-34-18-23-16-22-17-33(34,20-34)31(22)23/h5-15,22-23,31H,16-20H2,1-4H3/q-1. The Morgan fingerprint density at radius 2 is 1.62 bits per heavy atom. The van der Waals surface area contributed by atoms with E-state index in [2.05, 4.69) is 70.2 Å². The van der Waals surface area contributed by atoms with Gasteiger partial charge in [-0.3, -0.25) is 0 Å². The summed E-state index contributed by atoms with van der Waals surface area (Å²) in [6, 6.07) is 22.9. The topological polar surface area (TPSA) is 44.8 Å². The summed E-state index contributed by atoms with van der Waals surface area (Å²) in [6.45, 7) is 8.86. The van der Waals surface area contributed by atoms with Gasteiger partial charge in [0.25, 0.3) is 0 Å². The molecule has 0 saturated heterocycles. The molecule has 5 heteroatoms. The Morgan fingerprint density at radius 3 is 2.28 bits per heavy atom. The SMILES string of the molecule is Cc1cc(Oc2ccc(OCC(=O)OC34CC5CC6CC3(C4)C56)cc2)ccc1[I-]c1ccc(C(C)(C)C)cc1. The van der Waals surface area contributed by atoms with Gasteiger partial charge < -0.3 is 4.74 Å². The molecule has 0 heterocycles. The van der Waals surface area contributed by atoms with Gasteiger partial charge in [-0.2, -0.15) is 0 Å². The molecule has 7 rings (SSSR count). The van der Waals surface area contributed by atoms with E-state index in [4.69, 9.17) is 14.2 Å². The normalized spacial score (nSPS) is 29.5. The van der Waals surface area contributed by atoms with Gasteiger partial charge >= 0.3 is 179 Å². The predicted molar refractivity (Wildman–Crippen MR) is 146 cm³/mol. The second kappa shape index (κ2) is 8.98. The van der Waals surface area contributed by atoms with Crippen molar-refractivity contribution in [3.63, 3.8) is 0 Å². The molecule has 0 aliphatic heterocycles. The second-order valence-electron chi connectivity index (χ2n) is 13.1. The molecule has 39 heavy (non-hydrogen) atoms. The molecule has 204 valence electrons. The Labute approximate surface area is 241 Å². The van der Waals surface area contributed by atoms with Crippen LogP contribution in [-0.4, -0.2) is 18.2 Å². The van der Waals surface area contributed by atoms with Crippen molar-refractivity contribution in [1.82, 2.24) is 0 Å². The molecule has 4 saturated carbocycles. The third-order valence-electron chi connectivity index (χ3n) is 9.64. The third-order valence-corrected chi connectivity index (χ3v) is 12.8. The molecular weight excluding hydrogens is 599 g/mol. The van der Waals surface area contributed by atoms with E-state index in [-0.39, 0.29) is 44.8 Å². The van der Waals surface area contributed by atoms with Gasteiger partial charge in [0, 0.05) is 5.41 Å². The van der Waals surface area contributed by atoms with Crippen LogP contribution in [0.15, 0.2) is 66.7 Å². The van der Waals surface area contributed by atoms with Crippen LogP contribution in [0.2, 0.25) is 0 Å². The Kier molecular flexibility index (Phi) is 5.86. The van der Waals surface area contributed by atoms with Gasteiger partial charge in [-0.1, -0.05) is 0 Å². The number of hydrogen-bond acceptors (Lipinski definition) is 4. The third kappa shape index (κ3) is 4.36. The van der Waals surface area contributed by atoms with Gasteiger partial charge in [-0.05, 0) is 43.4 Å². The maximum atomic E-state index is 12.6. The van der Waals surface area contributed by atoms with Crippen molar-refractivity contribution < 1.29 is 40.2 Å². The monoisotopic (exact) mass is 635 g/mol. The molecule has 0 aromatic heterocycles. The molecular formula is C34H36IO4-. The van der Waals surface area contributed by atoms with Crippen LogP contribution in [0.5, 0.6) is 17.2 Å². The van der Waals surface area contributed by atoms with Crippen LogP contribution in [0, 0.1) is 37.2 Å². The Balaban J connectivity index is 0.911. The fourth-order valence-corrected chi connectivity index (χ4v) is 10.0. The van der Waals surface area contributed by atoms with E-state index in [1.807, 2.05) is 24.3 Å². The van der Waals surface area contributed by atoms with Crippen LogP contribution in [-0.2, 0) is 14.9 Å². The zero-order valence-corrected chi connectivity index (χ0v) is 25.3. The predicted octanol–water partition coefficient (Wildman–Crippen LogP) is 4.32.